The third-order valence-corrected chi connectivity index (χ3v) is 13.2. The highest BCUT2D eigenvalue weighted by Crippen LogP contribution is 2.59. The van der Waals surface area contributed by atoms with E-state index >= 15 is 0 Å². The van der Waals surface area contributed by atoms with Gasteiger partial charge in [-0.25, -0.2) is 0 Å². The van der Waals surface area contributed by atoms with Crippen molar-refractivity contribution in [1.82, 2.24) is 0 Å². The molecule has 0 amide bonds. The van der Waals surface area contributed by atoms with Gasteiger partial charge in [-0.15, -0.1) is 0 Å². The van der Waals surface area contributed by atoms with E-state index in [-0.39, 0.29) is 17.5 Å². The van der Waals surface area contributed by atoms with Gasteiger partial charge < -0.3 is 0 Å². The number of benzene rings is 9. The third-order valence-electron chi connectivity index (χ3n) is 13.2. The Labute approximate surface area is 324 Å². The zero-order valence-corrected chi connectivity index (χ0v) is 31.8. The largest absolute Gasteiger partial charge is 0.242 e. The lowest BCUT2D eigenvalue weighted by molar-refractivity contribution is 0.660. The summed E-state index contributed by atoms with van der Waals surface area (Å²) in [4.78, 5) is 0. The first-order valence-electron chi connectivity index (χ1n) is 19.7. The van der Waals surface area contributed by atoms with Crippen LogP contribution >= 0.6 is 0 Å². The maximum atomic E-state index is 2.58. The van der Waals surface area contributed by atoms with Gasteiger partial charge in [0.05, 0.1) is 0 Å². The Balaban J connectivity index is 1.32. The van der Waals surface area contributed by atoms with Crippen LogP contribution in [0.15, 0.2) is 176 Å². The van der Waals surface area contributed by atoms with Crippen LogP contribution in [-0.2, 0) is 10.8 Å². The van der Waals surface area contributed by atoms with Gasteiger partial charge in [-0.05, 0) is 94.0 Å². The molecule has 0 N–H and O–H groups in total. The van der Waals surface area contributed by atoms with E-state index in [0.717, 1.165) is 0 Å². The van der Waals surface area contributed by atoms with Gasteiger partial charge >= 0.3 is 0 Å². The van der Waals surface area contributed by atoms with Crippen LogP contribution < -0.4 is 16.4 Å². The van der Waals surface area contributed by atoms with Gasteiger partial charge in [-0.1, -0.05) is 214 Å². The van der Waals surface area contributed by atoms with Crippen molar-refractivity contribution in [1.29, 1.82) is 0 Å². The number of hydrogen-bond donors (Lipinski definition) is 0. The smallest absolute Gasteiger partial charge is 0.0686 e. The van der Waals surface area contributed by atoms with Crippen LogP contribution in [0.2, 0.25) is 0 Å². The fourth-order valence-electron chi connectivity index (χ4n) is 10.7. The zero-order chi connectivity index (χ0) is 37.1. The summed E-state index contributed by atoms with van der Waals surface area (Å²) in [6.07, 6.45) is 0. The second kappa shape index (κ2) is 11.7. The van der Waals surface area contributed by atoms with E-state index in [1.165, 1.54) is 104 Å². The lowest BCUT2D eigenvalue weighted by Crippen LogP contribution is -2.52. The first-order valence-corrected chi connectivity index (χ1v) is 19.7. The molecule has 0 nitrogen and oxygen atoms in total. The second-order valence-electron chi connectivity index (χ2n) is 16.7. The van der Waals surface area contributed by atoms with Crippen LogP contribution in [0, 0.1) is 0 Å². The quantitative estimate of drug-likeness (QED) is 0.127. The summed E-state index contributed by atoms with van der Waals surface area (Å²) in [5.41, 5.74) is 17.5. The summed E-state index contributed by atoms with van der Waals surface area (Å²) in [5, 5.41) is 7.91. The van der Waals surface area contributed by atoms with Crippen molar-refractivity contribution < 1.29 is 0 Å². The summed E-state index contributed by atoms with van der Waals surface area (Å²) >= 11 is 0. The molecule has 11 rings (SSSR count). The Hall–Kier alpha value is -6.18. The predicted octanol–water partition coefficient (Wildman–Crippen LogP) is 11.9. The molecule has 0 spiro atoms. The Kier molecular flexibility index (Phi) is 6.84. The molecule has 55 heavy (non-hydrogen) atoms. The molecule has 0 heterocycles. The number of rotatable bonds is 4. The highest BCUT2D eigenvalue weighted by Gasteiger charge is 2.42. The number of fused-ring (bicyclic) bond motifs is 11. The van der Waals surface area contributed by atoms with Crippen molar-refractivity contribution >= 4 is 55.4 Å². The van der Waals surface area contributed by atoms with Gasteiger partial charge in [0, 0.05) is 10.8 Å². The fourth-order valence-corrected chi connectivity index (χ4v) is 10.7. The minimum atomic E-state index is -0.164. The van der Waals surface area contributed by atoms with Crippen molar-refractivity contribution in [2.24, 2.45) is 0 Å². The Bertz CT molecular complexity index is 2910. The van der Waals surface area contributed by atoms with Crippen LogP contribution in [0.4, 0.5) is 0 Å². The van der Waals surface area contributed by atoms with Crippen molar-refractivity contribution in [2.45, 2.75) is 38.5 Å². The van der Waals surface area contributed by atoms with Gasteiger partial charge in [0.1, 0.15) is 0 Å². The van der Waals surface area contributed by atoms with Crippen molar-refractivity contribution in [3.63, 3.8) is 0 Å². The maximum Gasteiger partial charge on any atom is 0.242 e. The van der Waals surface area contributed by atoms with Gasteiger partial charge in [-0.2, -0.15) is 0 Å². The number of hydrogen-bond acceptors (Lipinski definition) is 0. The van der Waals surface area contributed by atoms with Crippen molar-refractivity contribution in [2.75, 3.05) is 0 Å². The molecule has 0 aliphatic heterocycles. The highest BCUT2D eigenvalue weighted by molar-refractivity contribution is 6.98. The van der Waals surface area contributed by atoms with E-state index in [4.69, 9.17) is 0 Å². The lowest BCUT2D eigenvalue weighted by atomic mass is 9.35. The van der Waals surface area contributed by atoms with Gasteiger partial charge in [0.2, 0.25) is 6.71 Å². The summed E-state index contributed by atoms with van der Waals surface area (Å²) in [5.74, 6) is 0. The molecule has 260 valence electrons. The normalized spacial score (nSPS) is 14.5. The summed E-state index contributed by atoms with van der Waals surface area (Å²) in [6.45, 7) is 9.73. The minimum absolute atomic E-state index is 0.0680. The van der Waals surface area contributed by atoms with E-state index in [1.54, 1.807) is 0 Å². The van der Waals surface area contributed by atoms with Crippen LogP contribution in [0.5, 0.6) is 0 Å². The van der Waals surface area contributed by atoms with Gasteiger partial charge in [0.25, 0.3) is 0 Å². The van der Waals surface area contributed by atoms with Crippen LogP contribution in [0.3, 0.4) is 0 Å². The molecule has 0 saturated heterocycles. The summed E-state index contributed by atoms with van der Waals surface area (Å²) < 4.78 is 0. The topological polar surface area (TPSA) is 0 Å². The molecule has 0 atom stereocenters. The molecule has 0 unspecified atom stereocenters. The molecule has 0 aromatic heterocycles. The third kappa shape index (κ3) is 4.41. The monoisotopic (exact) mass is 700 g/mol. The Morgan fingerprint density at radius 3 is 1.31 bits per heavy atom. The lowest BCUT2D eigenvalue weighted by Gasteiger charge is -2.27. The first-order chi connectivity index (χ1) is 26.9. The molecular formula is C54H41B. The molecule has 0 saturated carbocycles. The summed E-state index contributed by atoms with van der Waals surface area (Å²) in [7, 11) is 0. The molecule has 1 heteroatoms. The Morgan fingerprint density at radius 1 is 0.327 bits per heavy atom. The molecule has 2 aliphatic rings. The standard InChI is InChI=1S/C54H41B/c1-53(2)44-29-17-15-27-41(44)49-46(53)32-31-38-43(33-47-50(51(38)49)42-28-16-18-30-45(42)54(47,3)4)48-36-23-11-13-25-39(36)52(40-26-14-12-24-37(40)48)55(34-19-7-5-8-20-34)35-21-9-6-10-22-35/h5-33H,1-4H3. The highest BCUT2D eigenvalue weighted by atomic mass is 14.4. The molecular weight excluding hydrogens is 659 g/mol. The maximum absolute atomic E-state index is 2.58. The van der Waals surface area contributed by atoms with E-state index in [1.807, 2.05) is 0 Å². The van der Waals surface area contributed by atoms with E-state index < -0.39 is 0 Å². The average Bonchev–Trinajstić information content (AvgIpc) is 3.61. The van der Waals surface area contributed by atoms with E-state index in [9.17, 15) is 0 Å². The molecule has 0 radical (unpaired) electrons. The minimum Gasteiger partial charge on any atom is -0.0686 e. The van der Waals surface area contributed by atoms with E-state index in [2.05, 4.69) is 204 Å². The van der Waals surface area contributed by atoms with Crippen LogP contribution in [0.25, 0.3) is 65.7 Å². The summed E-state index contributed by atoms with van der Waals surface area (Å²) in [6, 6.07) is 66.3. The van der Waals surface area contributed by atoms with Crippen LogP contribution in [-0.4, -0.2) is 6.71 Å². The van der Waals surface area contributed by atoms with Gasteiger partial charge in [0.15, 0.2) is 0 Å². The first kappa shape index (κ1) is 32.3. The Morgan fingerprint density at radius 2 is 0.764 bits per heavy atom. The van der Waals surface area contributed by atoms with E-state index in [0.29, 0.717) is 0 Å². The SMILES string of the molecule is CC1(C)c2ccccc2-c2c1ccc1c(-c3c4ccccc4c(B(c4ccccc4)c4ccccc4)c4ccccc34)cc3c(c21)-c1ccccc1C3(C)C. The van der Waals surface area contributed by atoms with Gasteiger partial charge in [-0.3, -0.25) is 0 Å². The predicted molar refractivity (Wildman–Crippen MR) is 237 cm³/mol. The molecule has 0 fully saturated rings. The fraction of sp³-hybridized carbons (Fsp3) is 0.111. The molecule has 2 aliphatic carbocycles. The molecule has 9 aromatic carbocycles. The molecule has 9 aromatic rings. The van der Waals surface area contributed by atoms with Crippen LogP contribution in [0.1, 0.15) is 49.9 Å². The average molecular weight is 701 g/mol. The van der Waals surface area contributed by atoms with Crippen molar-refractivity contribution in [3.8, 4) is 33.4 Å². The van der Waals surface area contributed by atoms with Crippen molar-refractivity contribution in [3.05, 3.63) is 198 Å². The zero-order valence-electron chi connectivity index (χ0n) is 31.8. The molecule has 0 bridgehead atoms. The second-order valence-corrected chi connectivity index (χ2v) is 16.7.